The number of thiazole rings is 1. The smallest absolute Gasteiger partial charge is 0.185 e. The molecule has 1 saturated heterocycles. The van der Waals surface area contributed by atoms with Crippen LogP contribution in [0.4, 0.5) is 5.13 Å². The Hall–Kier alpha value is -0.610. The van der Waals surface area contributed by atoms with Crippen molar-refractivity contribution in [1.82, 2.24) is 10.3 Å². The van der Waals surface area contributed by atoms with Gasteiger partial charge in [-0.15, -0.1) is 11.3 Å². The second kappa shape index (κ2) is 7.10. The van der Waals surface area contributed by atoms with Crippen LogP contribution in [0.1, 0.15) is 64.5 Å². The van der Waals surface area contributed by atoms with Crippen LogP contribution < -0.4 is 10.2 Å². The molecule has 2 heterocycles. The Bertz CT molecular complexity index is 447. The first-order valence-electron chi connectivity index (χ1n) is 8.41. The van der Waals surface area contributed by atoms with Gasteiger partial charge in [0, 0.05) is 30.1 Å². The van der Waals surface area contributed by atoms with E-state index in [0.29, 0.717) is 0 Å². The molecule has 2 rings (SSSR count). The van der Waals surface area contributed by atoms with Gasteiger partial charge in [0.1, 0.15) is 0 Å². The first kappa shape index (κ1) is 16.8. The number of rotatable bonds is 6. The zero-order valence-electron chi connectivity index (χ0n) is 14.3. The fourth-order valence-corrected chi connectivity index (χ4v) is 3.84. The van der Waals surface area contributed by atoms with E-state index in [1.54, 1.807) is 0 Å². The largest absolute Gasteiger partial charge is 0.348 e. The van der Waals surface area contributed by atoms with E-state index in [0.717, 1.165) is 18.9 Å². The minimum absolute atomic E-state index is 0.161. The molecule has 1 atom stereocenters. The number of aryl methyl sites for hydroxylation is 1. The third-order valence-corrected chi connectivity index (χ3v) is 5.33. The lowest BCUT2D eigenvalue weighted by molar-refractivity contribution is 0.425. The maximum absolute atomic E-state index is 4.96. The van der Waals surface area contributed by atoms with Gasteiger partial charge in [-0.3, -0.25) is 0 Å². The maximum atomic E-state index is 4.96. The molecule has 1 aromatic rings. The van der Waals surface area contributed by atoms with Gasteiger partial charge in [-0.05, 0) is 39.5 Å². The third-order valence-electron chi connectivity index (χ3n) is 4.17. The minimum Gasteiger partial charge on any atom is -0.348 e. The van der Waals surface area contributed by atoms with Gasteiger partial charge in [0.25, 0.3) is 0 Å². The Kier molecular flexibility index (Phi) is 5.67. The molecule has 0 saturated carbocycles. The van der Waals surface area contributed by atoms with E-state index in [2.05, 4.69) is 44.8 Å². The van der Waals surface area contributed by atoms with E-state index in [1.807, 2.05) is 11.3 Å². The van der Waals surface area contributed by atoms with Crippen molar-refractivity contribution in [2.24, 2.45) is 5.92 Å². The van der Waals surface area contributed by atoms with Gasteiger partial charge in [-0.25, -0.2) is 4.98 Å². The highest BCUT2D eigenvalue weighted by Gasteiger charge is 2.24. The second-order valence-corrected chi connectivity index (χ2v) is 8.29. The lowest BCUT2D eigenvalue weighted by Gasteiger charge is -2.20. The Morgan fingerprint density at radius 2 is 2.10 bits per heavy atom. The van der Waals surface area contributed by atoms with Crippen molar-refractivity contribution in [3.8, 4) is 0 Å². The molecule has 0 spiro atoms. The van der Waals surface area contributed by atoms with Gasteiger partial charge < -0.3 is 10.2 Å². The lowest BCUT2D eigenvalue weighted by Crippen LogP contribution is -2.35. The molecule has 1 N–H and O–H groups in total. The summed E-state index contributed by atoms with van der Waals surface area (Å²) >= 11 is 1.90. The number of nitrogens with zero attached hydrogens (tertiary/aromatic N) is 2. The summed E-state index contributed by atoms with van der Waals surface area (Å²) < 4.78 is 0. The number of hydrogen-bond donors (Lipinski definition) is 1. The summed E-state index contributed by atoms with van der Waals surface area (Å²) in [6.45, 7) is 14.5. The molecule has 1 aromatic heterocycles. The van der Waals surface area contributed by atoms with Gasteiger partial charge in [0.15, 0.2) is 5.13 Å². The van der Waals surface area contributed by atoms with E-state index in [4.69, 9.17) is 4.98 Å². The molecule has 4 heteroatoms. The highest BCUT2D eigenvalue weighted by Crippen LogP contribution is 2.32. The van der Waals surface area contributed by atoms with Crippen molar-refractivity contribution in [2.45, 2.75) is 72.4 Å². The molecule has 0 radical (unpaired) electrons. The number of nitrogens with one attached hydrogen (secondary N) is 1. The summed E-state index contributed by atoms with van der Waals surface area (Å²) in [4.78, 5) is 8.89. The molecule has 1 fully saturated rings. The Morgan fingerprint density at radius 1 is 1.33 bits per heavy atom. The van der Waals surface area contributed by atoms with Gasteiger partial charge >= 0.3 is 0 Å². The summed E-state index contributed by atoms with van der Waals surface area (Å²) in [5.74, 6) is 0.861. The molecule has 0 bridgehead atoms. The molecule has 1 aliphatic heterocycles. The molecule has 120 valence electrons. The predicted octanol–water partition coefficient (Wildman–Crippen LogP) is 4.22. The second-order valence-electron chi connectivity index (χ2n) is 7.23. The van der Waals surface area contributed by atoms with Crippen molar-refractivity contribution >= 4 is 16.5 Å². The minimum atomic E-state index is 0.161. The molecule has 0 amide bonds. The van der Waals surface area contributed by atoms with Crippen molar-refractivity contribution in [3.63, 3.8) is 0 Å². The van der Waals surface area contributed by atoms with Crippen LogP contribution in [-0.2, 0) is 13.0 Å². The van der Waals surface area contributed by atoms with Crippen LogP contribution in [-0.4, -0.2) is 23.6 Å². The first-order chi connectivity index (χ1) is 9.93. The van der Waals surface area contributed by atoms with Gasteiger partial charge in [-0.2, -0.15) is 0 Å². The van der Waals surface area contributed by atoms with Crippen LogP contribution in [0.5, 0.6) is 0 Å². The van der Waals surface area contributed by atoms with Crippen LogP contribution in [0.3, 0.4) is 0 Å². The van der Waals surface area contributed by atoms with Crippen molar-refractivity contribution in [2.75, 3.05) is 18.0 Å². The average Bonchev–Trinajstić information content (AvgIpc) is 3.02. The van der Waals surface area contributed by atoms with Crippen molar-refractivity contribution in [1.29, 1.82) is 0 Å². The number of anilines is 1. The van der Waals surface area contributed by atoms with E-state index in [-0.39, 0.29) is 5.54 Å². The summed E-state index contributed by atoms with van der Waals surface area (Å²) in [5.41, 5.74) is 1.48. The Labute approximate surface area is 134 Å². The van der Waals surface area contributed by atoms with Gasteiger partial charge in [0.05, 0.1) is 5.69 Å². The van der Waals surface area contributed by atoms with Crippen LogP contribution >= 0.6 is 11.3 Å². The Balaban J connectivity index is 2.09. The highest BCUT2D eigenvalue weighted by molar-refractivity contribution is 7.15. The lowest BCUT2D eigenvalue weighted by atomic mass is 10.1. The Morgan fingerprint density at radius 3 is 2.67 bits per heavy atom. The standard InChI is InChI=1S/C17H31N3S/c1-6-8-14-15(11-18-17(3,4)5)21-16(19-14)20-10-9-13(7-2)12-20/h13,18H,6-12H2,1-5H3. The molecule has 21 heavy (non-hydrogen) atoms. The van der Waals surface area contributed by atoms with E-state index in [9.17, 15) is 0 Å². The summed E-state index contributed by atoms with van der Waals surface area (Å²) in [7, 11) is 0. The summed E-state index contributed by atoms with van der Waals surface area (Å²) in [5, 5.41) is 4.86. The van der Waals surface area contributed by atoms with Crippen LogP contribution in [0.15, 0.2) is 0 Å². The molecule has 0 aromatic carbocycles. The normalized spacial score (nSPS) is 19.5. The summed E-state index contributed by atoms with van der Waals surface area (Å²) in [6, 6.07) is 0. The van der Waals surface area contributed by atoms with Crippen LogP contribution in [0.2, 0.25) is 0 Å². The highest BCUT2D eigenvalue weighted by atomic mass is 32.1. The van der Waals surface area contributed by atoms with Gasteiger partial charge in [-0.1, -0.05) is 26.7 Å². The fraction of sp³-hybridized carbons (Fsp3) is 0.824. The number of hydrogen-bond acceptors (Lipinski definition) is 4. The zero-order valence-corrected chi connectivity index (χ0v) is 15.1. The number of aromatic nitrogens is 1. The van der Waals surface area contributed by atoms with Crippen LogP contribution in [0, 0.1) is 5.92 Å². The predicted molar refractivity (Wildman–Crippen MR) is 93.3 cm³/mol. The first-order valence-corrected chi connectivity index (χ1v) is 9.23. The molecular formula is C17H31N3S. The van der Waals surface area contributed by atoms with E-state index in [1.165, 1.54) is 48.1 Å². The average molecular weight is 310 g/mol. The van der Waals surface area contributed by atoms with Crippen LogP contribution in [0.25, 0.3) is 0 Å². The van der Waals surface area contributed by atoms with E-state index >= 15 is 0 Å². The third kappa shape index (κ3) is 4.68. The van der Waals surface area contributed by atoms with Crippen molar-refractivity contribution in [3.05, 3.63) is 10.6 Å². The molecule has 0 aliphatic carbocycles. The molecule has 1 unspecified atom stereocenters. The zero-order chi connectivity index (χ0) is 15.5. The molecule has 3 nitrogen and oxygen atoms in total. The van der Waals surface area contributed by atoms with Crippen molar-refractivity contribution < 1.29 is 0 Å². The maximum Gasteiger partial charge on any atom is 0.185 e. The van der Waals surface area contributed by atoms with E-state index < -0.39 is 0 Å². The topological polar surface area (TPSA) is 28.2 Å². The SMILES string of the molecule is CCCc1nc(N2CCC(CC)C2)sc1CNC(C)(C)C. The summed E-state index contributed by atoms with van der Waals surface area (Å²) in [6.07, 6.45) is 4.89. The molecular weight excluding hydrogens is 278 g/mol. The fourth-order valence-electron chi connectivity index (χ4n) is 2.76. The van der Waals surface area contributed by atoms with Gasteiger partial charge in [0.2, 0.25) is 0 Å². The quantitative estimate of drug-likeness (QED) is 0.853. The molecule has 1 aliphatic rings. The monoisotopic (exact) mass is 309 g/mol.